The maximum Gasteiger partial charge on any atom is 0.0323 e. The van der Waals surface area contributed by atoms with Gasteiger partial charge in [0.15, 0.2) is 0 Å². The van der Waals surface area contributed by atoms with Crippen LogP contribution in [0.1, 0.15) is 59.5 Å². The largest absolute Gasteiger partial charge is 0.310 e. The molecule has 1 N–H and O–H groups in total. The van der Waals surface area contributed by atoms with Gasteiger partial charge in [-0.05, 0) is 61.1 Å². The molecule has 2 atom stereocenters. The predicted molar refractivity (Wildman–Crippen MR) is 89.9 cm³/mol. The van der Waals surface area contributed by atoms with E-state index < -0.39 is 0 Å². The highest BCUT2D eigenvalue weighted by Gasteiger charge is 2.27. The van der Waals surface area contributed by atoms with E-state index in [1.54, 1.807) is 0 Å². The maximum absolute atomic E-state index is 3.63. The minimum atomic E-state index is 0.522. The number of fused-ring (bicyclic) bond motifs is 1. The number of rotatable bonds is 3. The van der Waals surface area contributed by atoms with E-state index in [-0.39, 0.29) is 0 Å². The molecule has 0 aromatic heterocycles. The van der Waals surface area contributed by atoms with Gasteiger partial charge in [0, 0.05) is 12.0 Å². The number of hydrogen-bond donors (Lipinski definition) is 1. The number of aryl methyl sites for hydroxylation is 2. The van der Waals surface area contributed by atoms with E-state index >= 15 is 0 Å². The van der Waals surface area contributed by atoms with Gasteiger partial charge >= 0.3 is 0 Å². The molecule has 0 bridgehead atoms. The van der Waals surface area contributed by atoms with E-state index in [1.807, 2.05) is 0 Å². The molecule has 1 heteroatoms. The molecule has 0 heterocycles. The Bertz CT molecular complexity index is 629. The lowest BCUT2D eigenvalue weighted by Crippen LogP contribution is -2.26. The summed E-state index contributed by atoms with van der Waals surface area (Å²) in [5, 5.41) is 3.63. The van der Waals surface area contributed by atoms with Crippen LogP contribution in [-0.4, -0.2) is 6.54 Å². The maximum atomic E-state index is 3.63. The van der Waals surface area contributed by atoms with Crippen LogP contribution in [0.25, 0.3) is 0 Å². The van der Waals surface area contributed by atoms with Crippen LogP contribution in [0, 0.1) is 13.8 Å². The summed E-state index contributed by atoms with van der Waals surface area (Å²) < 4.78 is 0. The standard InChI is InChI=1S/C20H25N/c1-4-21-20-12-11-17(18-7-5-6-8-19(18)20)16-10-9-14(2)15(3)13-16/h5-10,13,17,20-21H,4,11-12H2,1-3H3. The van der Waals surface area contributed by atoms with Crippen molar-refractivity contribution in [2.75, 3.05) is 6.54 Å². The Labute approximate surface area is 128 Å². The van der Waals surface area contributed by atoms with Gasteiger partial charge in [-0.2, -0.15) is 0 Å². The summed E-state index contributed by atoms with van der Waals surface area (Å²) >= 11 is 0. The third-order valence-corrected chi connectivity index (χ3v) is 4.87. The quantitative estimate of drug-likeness (QED) is 0.844. The Morgan fingerprint density at radius 2 is 1.71 bits per heavy atom. The smallest absolute Gasteiger partial charge is 0.0323 e. The zero-order valence-corrected chi connectivity index (χ0v) is 13.3. The van der Waals surface area contributed by atoms with Crippen LogP contribution in [0.5, 0.6) is 0 Å². The van der Waals surface area contributed by atoms with Crippen LogP contribution in [0.3, 0.4) is 0 Å². The Morgan fingerprint density at radius 3 is 2.43 bits per heavy atom. The average Bonchev–Trinajstić information content (AvgIpc) is 2.51. The van der Waals surface area contributed by atoms with Crippen molar-refractivity contribution >= 4 is 0 Å². The molecule has 2 aromatic carbocycles. The predicted octanol–water partition coefficient (Wildman–Crippen LogP) is 4.88. The minimum Gasteiger partial charge on any atom is -0.310 e. The Morgan fingerprint density at radius 1 is 0.952 bits per heavy atom. The van der Waals surface area contributed by atoms with Gasteiger partial charge < -0.3 is 5.32 Å². The van der Waals surface area contributed by atoms with Gasteiger partial charge in [-0.3, -0.25) is 0 Å². The van der Waals surface area contributed by atoms with Crippen molar-refractivity contribution in [1.82, 2.24) is 5.32 Å². The highest BCUT2D eigenvalue weighted by atomic mass is 14.9. The number of nitrogens with one attached hydrogen (secondary N) is 1. The van der Waals surface area contributed by atoms with E-state index in [2.05, 4.69) is 68.6 Å². The van der Waals surface area contributed by atoms with Gasteiger partial charge in [0.25, 0.3) is 0 Å². The second kappa shape index (κ2) is 6.03. The molecule has 21 heavy (non-hydrogen) atoms. The van der Waals surface area contributed by atoms with E-state index in [4.69, 9.17) is 0 Å². The lowest BCUT2D eigenvalue weighted by Gasteiger charge is -2.32. The summed E-state index contributed by atoms with van der Waals surface area (Å²) in [7, 11) is 0. The number of benzene rings is 2. The molecule has 2 aromatic rings. The minimum absolute atomic E-state index is 0.522. The van der Waals surface area contributed by atoms with Gasteiger partial charge in [-0.15, -0.1) is 0 Å². The van der Waals surface area contributed by atoms with Gasteiger partial charge in [0.1, 0.15) is 0 Å². The topological polar surface area (TPSA) is 12.0 Å². The molecule has 0 saturated carbocycles. The van der Waals surface area contributed by atoms with Crippen LogP contribution < -0.4 is 5.32 Å². The van der Waals surface area contributed by atoms with Crippen molar-refractivity contribution in [3.8, 4) is 0 Å². The van der Waals surface area contributed by atoms with Crippen molar-refractivity contribution in [1.29, 1.82) is 0 Å². The first kappa shape index (κ1) is 14.3. The lowest BCUT2D eigenvalue weighted by molar-refractivity contribution is 0.450. The van der Waals surface area contributed by atoms with E-state index in [9.17, 15) is 0 Å². The van der Waals surface area contributed by atoms with Crippen molar-refractivity contribution in [3.05, 3.63) is 70.3 Å². The molecule has 3 rings (SSSR count). The molecule has 0 aliphatic heterocycles. The molecule has 2 unspecified atom stereocenters. The van der Waals surface area contributed by atoms with Crippen molar-refractivity contribution < 1.29 is 0 Å². The van der Waals surface area contributed by atoms with Gasteiger partial charge in [-0.1, -0.05) is 49.4 Å². The normalized spacial score (nSPS) is 21.1. The molecular weight excluding hydrogens is 254 g/mol. The Kier molecular flexibility index (Phi) is 4.12. The van der Waals surface area contributed by atoms with Crippen molar-refractivity contribution in [2.24, 2.45) is 0 Å². The SMILES string of the molecule is CCNC1CCC(c2ccc(C)c(C)c2)c2ccccc21. The molecule has 0 saturated heterocycles. The molecule has 110 valence electrons. The first-order valence-corrected chi connectivity index (χ1v) is 8.10. The molecular formula is C20H25N. The second-order valence-corrected chi connectivity index (χ2v) is 6.21. The highest BCUT2D eigenvalue weighted by Crippen LogP contribution is 2.41. The molecule has 0 fully saturated rings. The fraction of sp³-hybridized carbons (Fsp3) is 0.400. The van der Waals surface area contributed by atoms with Crippen LogP contribution in [0.4, 0.5) is 0 Å². The molecule has 1 nitrogen and oxygen atoms in total. The van der Waals surface area contributed by atoms with Gasteiger partial charge in [0.05, 0.1) is 0 Å². The monoisotopic (exact) mass is 279 g/mol. The summed E-state index contributed by atoms with van der Waals surface area (Å²) in [5.41, 5.74) is 7.26. The van der Waals surface area contributed by atoms with Crippen molar-refractivity contribution in [2.45, 2.75) is 45.6 Å². The summed E-state index contributed by atoms with van der Waals surface area (Å²) in [6, 6.07) is 16.5. The third kappa shape index (κ3) is 2.75. The summed E-state index contributed by atoms with van der Waals surface area (Å²) in [6.45, 7) is 7.63. The lowest BCUT2D eigenvalue weighted by atomic mass is 9.76. The third-order valence-electron chi connectivity index (χ3n) is 4.87. The highest BCUT2D eigenvalue weighted by molar-refractivity contribution is 5.43. The second-order valence-electron chi connectivity index (χ2n) is 6.21. The first-order chi connectivity index (χ1) is 10.2. The Hall–Kier alpha value is -1.60. The van der Waals surface area contributed by atoms with Crippen LogP contribution in [0.15, 0.2) is 42.5 Å². The molecule has 1 aliphatic rings. The molecule has 0 radical (unpaired) electrons. The molecule has 1 aliphatic carbocycles. The van der Waals surface area contributed by atoms with Crippen LogP contribution >= 0.6 is 0 Å². The van der Waals surface area contributed by atoms with Crippen molar-refractivity contribution in [3.63, 3.8) is 0 Å². The summed E-state index contributed by atoms with van der Waals surface area (Å²) in [6.07, 6.45) is 2.46. The Balaban J connectivity index is 2.00. The van der Waals surface area contributed by atoms with E-state index in [0.29, 0.717) is 12.0 Å². The van der Waals surface area contributed by atoms with Gasteiger partial charge in [0.2, 0.25) is 0 Å². The van der Waals surface area contributed by atoms with E-state index in [0.717, 1.165) is 6.54 Å². The van der Waals surface area contributed by atoms with E-state index in [1.165, 1.54) is 40.7 Å². The van der Waals surface area contributed by atoms with Gasteiger partial charge in [-0.25, -0.2) is 0 Å². The zero-order chi connectivity index (χ0) is 14.8. The van der Waals surface area contributed by atoms with Crippen LogP contribution in [-0.2, 0) is 0 Å². The zero-order valence-electron chi connectivity index (χ0n) is 13.3. The summed E-state index contributed by atoms with van der Waals surface area (Å²) in [4.78, 5) is 0. The fourth-order valence-corrected chi connectivity index (χ4v) is 3.58. The number of hydrogen-bond acceptors (Lipinski definition) is 1. The average molecular weight is 279 g/mol. The van der Waals surface area contributed by atoms with Crippen LogP contribution in [0.2, 0.25) is 0 Å². The molecule has 0 amide bonds. The molecule has 0 spiro atoms. The fourth-order valence-electron chi connectivity index (χ4n) is 3.58. The first-order valence-electron chi connectivity index (χ1n) is 8.10. The summed E-state index contributed by atoms with van der Waals surface area (Å²) in [5.74, 6) is 0.551.